The van der Waals surface area contributed by atoms with E-state index in [0.29, 0.717) is 0 Å². The molecule has 0 aliphatic heterocycles. The molecule has 0 aliphatic carbocycles. The van der Waals surface area contributed by atoms with Crippen LogP contribution in [0.2, 0.25) is 0 Å². The highest BCUT2D eigenvalue weighted by atomic mass is 19.1. The molecule has 0 bridgehead atoms. The molecule has 1 amide bonds. The molecule has 0 unspecified atom stereocenters. The minimum atomic E-state index is -0.421. The lowest BCUT2D eigenvalue weighted by atomic mass is 10.2. The lowest BCUT2D eigenvalue weighted by Gasteiger charge is -2.07. The van der Waals surface area contributed by atoms with E-state index in [1.807, 2.05) is 0 Å². The van der Waals surface area contributed by atoms with Gasteiger partial charge >= 0.3 is 0 Å². The highest BCUT2D eigenvalue weighted by Gasteiger charge is 2.05. The molecule has 0 spiro atoms. The molecule has 2 N–H and O–H groups in total. The summed E-state index contributed by atoms with van der Waals surface area (Å²) in [5, 5.41) is 5.55. The van der Waals surface area contributed by atoms with Crippen molar-refractivity contribution in [2.45, 2.75) is 19.3 Å². The molecule has 4 nitrogen and oxygen atoms in total. The lowest BCUT2D eigenvalue weighted by molar-refractivity contribution is -0.115. The van der Waals surface area contributed by atoms with Gasteiger partial charge in [0, 0.05) is 13.7 Å². The van der Waals surface area contributed by atoms with Gasteiger partial charge in [0.2, 0.25) is 5.91 Å². The Labute approximate surface area is 113 Å². The zero-order valence-electron chi connectivity index (χ0n) is 11.2. The van der Waals surface area contributed by atoms with Crippen LogP contribution in [-0.2, 0) is 9.53 Å². The SMILES string of the molecule is COCCCCCNCC(=O)Nc1ccccc1F. The zero-order chi connectivity index (χ0) is 13.9. The summed E-state index contributed by atoms with van der Waals surface area (Å²) in [4.78, 5) is 11.5. The number of para-hydroxylation sites is 1. The molecule has 0 heterocycles. The third kappa shape index (κ3) is 6.88. The minimum Gasteiger partial charge on any atom is -0.385 e. The van der Waals surface area contributed by atoms with Crippen molar-refractivity contribution in [1.82, 2.24) is 5.32 Å². The van der Waals surface area contributed by atoms with E-state index in [0.717, 1.165) is 32.4 Å². The number of rotatable bonds is 9. The van der Waals surface area contributed by atoms with E-state index in [-0.39, 0.29) is 18.1 Å². The smallest absolute Gasteiger partial charge is 0.238 e. The van der Waals surface area contributed by atoms with E-state index < -0.39 is 5.82 Å². The van der Waals surface area contributed by atoms with Gasteiger partial charge in [0.25, 0.3) is 0 Å². The second-order valence-corrected chi connectivity index (χ2v) is 4.26. The molecule has 19 heavy (non-hydrogen) atoms. The maximum Gasteiger partial charge on any atom is 0.238 e. The number of carbonyl (C=O) groups excluding carboxylic acids is 1. The number of ether oxygens (including phenoxy) is 1. The normalized spacial score (nSPS) is 10.4. The summed E-state index contributed by atoms with van der Waals surface area (Å²) in [6, 6.07) is 6.13. The van der Waals surface area contributed by atoms with Crippen LogP contribution in [0.25, 0.3) is 0 Å². The molecule has 1 aromatic rings. The average molecular weight is 268 g/mol. The van der Waals surface area contributed by atoms with Gasteiger partial charge in [-0.15, -0.1) is 0 Å². The summed E-state index contributed by atoms with van der Waals surface area (Å²) in [6.45, 7) is 1.74. The Morgan fingerprint density at radius 3 is 2.79 bits per heavy atom. The van der Waals surface area contributed by atoms with Crippen LogP contribution >= 0.6 is 0 Å². The summed E-state index contributed by atoms with van der Waals surface area (Å²) in [5.74, 6) is -0.655. The Balaban J connectivity index is 2.10. The van der Waals surface area contributed by atoms with Crippen molar-refractivity contribution in [3.63, 3.8) is 0 Å². The number of anilines is 1. The van der Waals surface area contributed by atoms with Gasteiger partial charge in [-0.05, 0) is 37.9 Å². The Morgan fingerprint density at radius 1 is 1.26 bits per heavy atom. The summed E-state index contributed by atoms with van der Waals surface area (Å²) < 4.78 is 18.2. The number of unbranched alkanes of at least 4 members (excludes halogenated alkanes) is 2. The third-order valence-corrected chi connectivity index (χ3v) is 2.64. The van der Waals surface area contributed by atoms with E-state index in [2.05, 4.69) is 10.6 Å². The topological polar surface area (TPSA) is 50.4 Å². The van der Waals surface area contributed by atoms with Crippen molar-refractivity contribution >= 4 is 11.6 Å². The fourth-order valence-corrected chi connectivity index (χ4v) is 1.63. The first kappa shape index (κ1) is 15.6. The minimum absolute atomic E-state index is 0.193. The largest absolute Gasteiger partial charge is 0.385 e. The Bertz CT molecular complexity index is 385. The molecule has 0 atom stereocenters. The van der Waals surface area contributed by atoms with Gasteiger partial charge < -0.3 is 15.4 Å². The van der Waals surface area contributed by atoms with Gasteiger partial charge in [0.15, 0.2) is 0 Å². The van der Waals surface area contributed by atoms with Gasteiger partial charge in [0.05, 0.1) is 12.2 Å². The monoisotopic (exact) mass is 268 g/mol. The molecule has 106 valence electrons. The first-order valence-corrected chi connectivity index (χ1v) is 6.48. The van der Waals surface area contributed by atoms with Crippen LogP contribution < -0.4 is 10.6 Å². The average Bonchev–Trinajstić information content (AvgIpc) is 2.40. The maximum absolute atomic E-state index is 13.3. The highest BCUT2D eigenvalue weighted by Crippen LogP contribution is 2.11. The van der Waals surface area contributed by atoms with Crippen molar-refractivity contribution in [3.8, 4) is 0 Å². The third-order valence-electron chi connectivity index (χ3n) is 2.64. The molecule has 0 radical (unpaired) electrons. The van der Waals surface area contributed by atoms with Crippen LogP contribution in [0.1, 0.15) is 19.3 Å². The fourth-order valence-electron chi connectivity index (χ4n) is 1.63. The summed E-state index contributed by atoms with van der Waals surface area (Å²) in [7, 11) is 1.69. The number of nitrogens with one attached hydrogen (secondary N) is 2. The van der Waals surface area contributed by atoms with Crippen molar-refractivity contribution < 1.29 is 13.9 Å². The molecule has 0 aromatic heterocycles. The molecule has 1 rings (SSSR count). The molecule has 1 aromatic carbocycles. The Morgan fingerprint density at radius 2 is 2.05 bits per heavy atom. The second kappa shape index (κ2) is 9.47. The van der Waals surface area contributed by atoms with Crippen LogP contribution in [-0.4, -0.2) is 32.7 Å². The Kier molecular flexibility index (Phi) is 7.77. The number of halogens is 1. The van der Waals surface area contributed by atoms with Gasteiger partial charge in [0.1, 0.15) is 5.82 Å². The predicted octanol–water partition coefficient (Wildman–Crippen LogP) is 2.17. The van der Waals surface area contributed by atoms with Crippen molar-refractivity contribution in [2.75, 3.05) is 32.1 Å². The fraction of sp³-hybridized carbons (Fsp3) is 0.500. The molecule has 0 saturated heterocycles. The number of amides is 1. The van der Waals surface area contributed by atoms with Gasteiger partial charge in [-0.3, -0.25) is 4.79 Å². The first-order valence-electron chi connectivity index (χ1n) is 6.48. The summed E-state index contributed by atoms with van der Waals surface area (Å²) in [5.41, 5.74) is 0.217. The van der Waals surface area contributed by atoms with Crippen LogP contribution in [0.15, 0.2) is 24.3 Å². The molecular weight excluding hydrogens is 247 g/mol. The van der Waals surface area contributed by atoms with Crippen LogP contribution in [0.4, 0.5) is 10.1 Å². The van der Waals surface area contributed by atoms with Gasteiger partial charge in [-0.2, -0.15) is 0 Å². The molecule has 0 saturated carbocycles. The number of benzene rings is 1. The van der Waals surface area contributed by atoms with Crippen molar-refractivity contribution in [3.05, 3.63) is 30.1 Å². The lowest BCUT2D eigenvalue weighted by Crippen LogP contribution is -2.29. The van der Waals surface area contributed by atoms with E-state index in [1.54, 1.807) is 19.2 Å². The van der Waals surface area contributed by atoms with Crippen LogP contribution in [0.3, 0.4) is 0 Å². The molecule has 0 aliphatic rings. The highest BCUT2D eigenvalue weighted by molar-refractivity contribution is 5.92. The maximum atomic E-state index is 13.3. The van der Waals surface area contributed by atoms with Crippen molar-refractivity contribution in [1.29, 1.82) is 0 Å². The van der Waals surface area contributed by atoms with Crippen LogP contribution in [0, 0.1) is 5.82 Å². The number of hydrogen-bond acceptors (Lipinski definition) is 3. The molecule has 0 fully saturated rings. The number of hydrogen-bond donors (Lipinski definition) is 2. The predicted molar refractivity (Wildman–Crippen MR) is 73.6 cm³/mol. The first-order chi connectivity index (χ1) is 9.24. The molecule has 5 heteroatoms. The van der Waals surface area contributed by atoms with E-state index in [1.165, 1.54) is 12.1 Å². The zero-order valence-corrected chi connectivity index (χ0v) is 11.2. The molecular formula is C14H21FN2O2. The van der Waals surface area contributed by atoms with Crippen LogP contribution in [0.5, 0.6) is 0 Å². The van der Waals surface area contributed by atoms with E-state index >= 15 is 0 Å². The van der Waals surface area contributed by atoms with Gasteiger partial charge in [-0.1, -0.05) is 12.1 Å². The standard InChI is InChI=1S/C14H21FN2O2/c1-19-10-6-2-5-9-16-11-14(18)17-13-8-4-3-7-12(13)15/h3-4,7-8,16H,2,5-6,9-11H2,1H3,(H,17,18). The number of methoxy groups -OCH3 is 1. The Hall–Kier alpha value is -1.46. The number of carbonyl (C=O) groups is 1. The van der Waals surface area contributed by atoms with Crippen molar-refractivity contribution in [2.24, 2.45) is 0 Å². The van der Waals surface area contributed by atoms with E-state index in [9.17, 15) is 9.18 Å². The summed E-state index contributed by atoms with van der Waals surface area (Å²) >= 11 is 0. The second-order valence-electron chi connectivity index (χ2n) is 4.26. The summed E-state index contributed by atoms with van der Waals surface area (Å²) in [6.07, 6.45) is 3.09. The van der Waals surface area contributed by atoms with Gasteiger partial charge in [-0.25, -0.2) is 4.39 Å². The quantitative estimate of drug-likeness (QED) is 0.675. The van der Waals surface area contributed by atoms with E-state index in [4.69, 9.17) is 4.74 Å².